The van der Waals surface area contributed by atoms with E-state index in [1.54, 1.807) is 0 Å². The van der Waals surface area contributed by atoms with E-state index < -0.39 is 18.3 Å². The molecule has 0 aliphatic rings. The molecule has 0 spiro atoms. The molecule has 10 heavy (non-hydrogen) atoms. The maximum atomic E-state index is 8.93. The van der Waals surface area contributed by atoms with Crippen LogP contribution in [0.25, 0.3) is 0 Å². The molecule has 0 aliphatic heterocycles. The fraction of sp³-hybridized carbons (Fsp3) is 1.00. The van der Waals surface area contributed by atoms with Crippen LogP contribution in [0.4, 0.5) is 0 Å². The number of aliphatic hydroxyl groups excluding tert-OH is 3. The van der Waals surface area contributed by atoms with Gasteiger partial charge in [-0.05, 0) is 0 Å². The molecule has 7 N–H and O–H groups in total. The summed E-state index contributed by atoms with van der Waals surface area (Å²) in [7, 11) is 0. The van der Waals surface area contributed by atoms with Crippen molar-refractivity contribution in [3.8, 4) is 0 Å². The van der Waals surface area contributed by atoms with Crippen molar-refractivity contribution in [3.05, 3.63) is 0 Å². The summed E-state index contributed by atoms with van der Waals surface area (Å²) in [5, 5.41) is 26.6. The molecule has 0 aliphatic carbocycles. The second-order valence-corrected chi connectivity index (χ2v) is 2.10. The summed E-state index contributed by atoms with van der Waals surface area (Å²) >= 11 is 0. The van der Waals surface area contributed by atoms with Crippen LogP contribution in [0.5, 0.6) is 0 Å². The van der Waals surface area contributed by atoms with E-state index in [1.807, 2.05) is 0 Å². The van der Waals surface area contributed by atoms with Gasteiger partial charge in [-0.3, -0.25) is 0 Å². The van der Waals surface area contributed by atoms with Crippen LogP contribution in [-0.4, -0.2) is 46.7 Å². The van der Waals surface area contributed by atoms with Crippen molar-refractivity contribution in [2.45, 2.75) is 18.3 Å². The molecule has 5 nitrogen and oxygen atoms in total. The molecule has 0 aromatic heterocycles. The Morgan fingerprint density at radius 1 is 0.900 bits per heavy atom. The van der Waals surface area contributed by atoms with Gasteiger partial charge in [-0.1, -0.05) is 0 Å². The Hall–Kier alpha value is -0.200. The SMILES string of the molecule is NC[C@@H](O)C(O)[C@@H](O)CN. The summed E-state index contributed by atoms with van der Waals surface area (Å²) in [4.78, 5) is 0. The van der Waals surface area contributed by atoms with E-state index in [2.05, 4.69) is 0 Å². The van der Waals surface area contributed by atoms with Gasteiger partial charge in [0.2, 0.25) is 0 Å². The van der Waals surface area contributed by atoms with Crippen LogP contribution < -0.4 is 11.5 Å². The van der Waals surface area contributed by atoms with Gasteiger partial charge in [0.15, 0.2) is 0 Å². The Labute approximate surface area is 59.3 Å². The highest BCUT2D eigenvalue weighted by atomic mass is 16.4. The van der Waals surface area contributed by atoms with Crippen molar-refractivity contribution in [2.75, 3.05) is 13.1 Å². The topological polar surface area (TPSA) is 113 Å². The fourth-order valence-electron chi connectivity index (χ4n) is 0.535. The van der Waals surface area contributed by atoms with Crippen LogP contribution in [0.1, 0.15) is 0 Å². The summed E-state index contributed by atoms with van der Waals surface area (Å²) in [6, 6.07) is 0. The Morgan fingerprint density at radius 2 is 1.20 bits per heavy atom. The lowest BCUT2D eigenvalue weighted by molar-refractivity contribution is -0.0509. The van der Waals surface area contributed by atoms with Crippen molar-refractivity contribution in [1.82, 2.24) is 0 Å². The number of rotatable bonds is 4. The smallest absolute Gasteiger partial charge is 0.108 e. The van der Waals surface area contributed by atoms with Gasteiger partial charge in [0.25, 0.3) is 0 Å². The van der Waals surface area contributed by atoms with Crippen molar-refractivity contribution >= 4 is 0 Å². The Balaban J connectivity index is 3.69. The second kappa shape index (κ2) is 4.59. The van der Waals surface area contributed by atoms with Crippen LogP contribution in [0.2, 0.25) is 0 Å². The molecule has 0 saturated heterocycles. The molecule has 5 heteroatoms. The van der Waals surface area contributed by atoms with Gasteiger partial charge in [-0.15, -0.1) is 0 Å². The van der Waals surface area contributed by atoms with Gasteiger partial charge in [0.1, 0.15) is 6.10 Å². The molecule has 0 amide bonds. The Kier molecular flexibility index (Phi) is 4.50. The van der Waals surface area contributed by atoms with Crippen LogP contribution in [0.15, 0.2) is 0 Å². The van der Waals surface area contributed by atoms with Crippen LogP contribution in [-0.2, 0) is 0 Å². The largest absolute Gasteiger partial charge is 0.389 e. The van der Waals surface area contributed by atoms with E-state index >= 15 is 0 Å². The molecule has 0 aromatic rings. The van der Waals surface area contributed by atoms with E-state index in [1.165, 1.54) is 0 Å². The normalized spacial score (nSPS) is 20.1. The molecule has 62 valence electrons. The lowest BCUT2D eigenvalue weighted by Crippen LogP contribution is -2.44. The average Bonchev–Trinajstić information content (AvgIpc) is 2.00. The van der Waals surface area contributed by atoms with Crippen LogP contribution in [0.3, 0.4) is 0 Å². The zero-order valence-electron chi connectivity index (χ0n) is 5.64. The van der Waals surface area contributed by atoms with E-state index in [0.717, 1.165) is 0 Å². The molecule has 3 atom stereocenters. The molecule has 0 radical (unpaired) electrons. The minimum Gasteiger partial charge on any atom is -0.389 e. The predicted molar refractivity (Wildman–Crippen MR) is 36.1 cm³/mol. The van der Waals surface area contributed by atoms with Gasteiger partial charge in [0.05, 0.1) is 12.2 Å². The molecule has 0 rings (SSSR count). The molecule has 0 bridgehead atoms. The summed E-state index contributed by atoms with van der Waals surface area (Å²) in [6.45, 7) is -0.170. The first-order valence-corrected chi connectivity index (χ1v) is 3.07. The lowest BCUT2D eigenvalue weighted by Gasteiger charge is -2.19. The third kappa shape index (κ3) is 2.59. The monoisotopic (exact) mass is 150 g/mol. The molecule has 1 unspecified atom stereocenters. The van der Waals surface area contributed by atoms with Crippen LogP contribution in [0, 0.1) is 0 Å². The molecule has 0 aromatic carbocycles. The lowest BCUT2D eigenvalue weighted by atomic mass is 10.1. The number of hydrogen-bond donors (Lipinski definition) is 5. The van der Waals surface area contributed by atoms with Crippen LogP contribution >= 0.6 is 0 Å². The molecule has 0 heterocycles. The highest BCUT2D eigenvalue weighted by Gasteiger charge is 2.21. The highest BCUT2D eigenvalue weighted by Crippen LogP contribution is 1.96. The van der Waals surface area contributed by atoms with Gasteiger partial charge in [0, 0.05) is 13.1 Å². The molecular weight excluding hydrogens is 136 g/mol. The van der Waals surface area contributed by atoms with E-state index in [4.69, 9.17) is 26.8 Å². The second-order valence-electron chi connectivity index (χ2n) is 2.10. The third-order valence-corrected chi connectivity index (χ3v) is 1.27. The summed E-state index contributed by atoms with van der Waals surface area (Å²) in [5.41, 5.74) is 10.0. The first kappa shape index (κ1) is 9.80. The first-order valence-electron chi connectivity index (χ1n) is 3.07. The maximum Gasteiger partial charge on any atom is 0.108 e. The first-order chi connectivity index (χ1) is 4.63. The number of aliphatic hydroxyl groups is 3. The minimum absolute atomic E-state index is 0.0851. The third-order valence-electron chi connectivity index (χ3n) is 1.27. The van der Waals surface area contributed by atoms with Crippen molar-refractivity contribution < 1.29 is 15.3 Å². The molecule has 0 fully saturated rings. The number of hydrogen-bond acceptors (Lipinski definition) is 5. The molecule has 0 saturated carbocycles. The predicted octanol–water partition coefficient (Wildman–Crippen LogP) is -3.01. The van der Waals surface area contributed by atoms with Gasteiger partial charge >= 0.3 is 0 Å². The van der Waals surface area contributed by atoms with Crippen molar-refractivity contribution in [2.24, 2.45) is 11.5 Å². The quantitative estimate of drug-likeness (QED) is 0.293. The van der Waals surface area contributed by atoms with Gasteiger partial charge in [-0.2, -0.15) is 0 Å². The fourth-order valence-corrected chi connectivity index (χ4v) is 0.535. The maximum absolute atomic E-state index is 8.93. The Morgan fingerprint density at radius 3 is 1.40 bits per heavy atom. The van der Waals surface area contributed by atoms with Crippen molar-refractivity contribution in [1.29, 1.82) is 0 Å². The summed E-state index contributed by atoms with van der Waals surface area (Å²) in [5.74, 6) is 0. The standard InChI is InChI=1S/C5H14N2O3/c6-1-3(8)5(10)4(9)2-7/h3-5,8-10H,1-2,6-7H2/t3-,4+,5?. The zero-order chi connectivity index (χ0) is 8.15. The van der Waals surface area contributed by atoms with E-state index in [0.29, 0.717) is 0 Å². The van der Waals surface area contributed by atoms with Gasteiger partial charge in [-0.25, -0.2) is 0 Å². The van der Waals surface area contributed by atoms with E-state index in [-0.39, 0.29) is 13.1 Å². The summed E-state index contributed by atoms with van der Waals surface area (Å²) < 4.78 is 0. The minimum atomic E-state index is -1.24. The zero-order valence-corrected chi connectivity index (χ0v) is 5.64. The Bertz CT molecular complexity index is 81.0. The highest BCUT2D eigenvalue weighted by molar-refractivity contribution is 4.75. The number of nitrogens with two attached hydrogens (primary N) is 2. The van der Waals surface area contributed by atoms with Gasteiger partial charge < -0.3 is 26.8 Å². The van der Waals surface area contributed by atoms with E-state index in [9.17, 15) is 0 Å². The molecular formula is C5H14N2O3. The average molecular weight is 150 g/mol. The van der Waals surface area contributed by atoms with Crippen molar-refractivity contribution in [3.63, 3.8) is 0 Å². The summed E-state index contributed by atoms with van der Waals surface area (Å²) in [6.07, 6.45) is -3.44.